The van der Waals surface area contributed by atoms with Crippen LogP contribution in [0, 0.1) is 5.41 Å². The van der Waals surface area contributed by atoms with Gasteiger partial charge in [-0.3, -0.25) is 0 Å². The number of phenolic OH excluding ortho intramolecular Hbond substituents is 1. The van der Waals surface area contributed by atoms with Crippen LogP contribution in [0.1, 0.15) is 57.9 Å². The molecule has 2 aliphatic carbocycles. The molecule has 0 radical (unpaired) electrons. The lowest BCUT2D eigenvalue weighted by Gasteiger charge is -2.37. The van der Waals surface area contributed by atoms with Crippen LogP contribution in [-0.2, 0) is 10.3 Å². The lowest BCUT2D eigenvalue weighted by atomic mass is 9.72. The van der Waals surface area contributed by atoms with Gasteiger partial charge in [-0.1, -0.05) is 19.9 Å². The Labute approximate surface area is 131 Å². The van der Waals surface area contributed by atoms with Crippen LogP contribution in [0.25, 0.3) is 0 Å². The molecule has 4 heteroatoms. The summed E-state index contributed by atoms with van der Waals surface area (Å²) in [5.74, 6) is 0.658. The highest BCUT2D eigenvalue weighted by Gasteiger charge is 2.39. The van der Waals surface area contributed by atoms with E-state index in [0.29, 0.717) is 11.2 Å². The lowest BCUT2D eigenvalue weighted by molar-refractivity contribution is 0.184. The number of aliphatic imine (C=N–C) groups is 1. The number of aromatic hydroxyl groups is 1. The Morgan fingerprint density at radius 1 is 1.32 bits per heavy atom. The van der Waals surface area contributed by atoms with Crippen molar-refractivity contribution in [1.29, 1.82) is 0 Å². The molecule has 22 heavy (non-hydrogen) atoms. The van der Waals surface area contributed by atoms with Gasteiger partial charge in [0.05, 0.1) is 11.6 Å². The van der Waals surface area contributed by atoms with E-state index in [0.717, 1.165) is 44.1 Å². The first-order chi connectivity index (χ1) is 10.4. The summed E-state index contributed by atoms with van der Waals surface area (Å²) in [6.07, 6.45) is 7.73. The molecule has 0 spiro atoms. The van der Waals surface area contributed by atoms with Crippen molar-refractivity contribution >= 4 is 6.08 Å². The molecular weight excluding hydrogens is 278 g/mol. The fraction of sp³-hybridized carbons (Fsp3) is 0.611. The molecule has 1 aromatic carbocycles. The van der Waals surface area contributed by atoms with Crippen LogP contribution in [0.15, 0.2) is 23.2 Å². The molecule has 2 fully saturated rings. The zero-order chi connectivity index (χ0) is 15.8. The number of phenols is 1. The van der Waals surface area contributed by atoms with E-state index >= 15 is 0 Å². The Balaban J connectivity index is 1.83. The molecule has 1 aromatic rings. The molecule has 2 saturated carbocycles. The third kappa shape index (κ3) is 2.76. The molecule has 0 aliphatic heterocycles. The summed E-state index contributed by atoms with van der Waals surface area (Å²) in [6.45, 7) is 4.49. The molecule has 0 bridgehead atoms. The average molecular weight is 301 g/mol. The van der Waals surface area contributed by atoms with Gasteiger partial charge in [0.1, 0.15) is 0 Å². The van der Waals surface area contributed by atoms with E-state index in [-0.39, 0.29) is 11.9 Å². The van der Waals surface area contributed by atoms with Crippen LogP contribution in [0.2, 0.25) is 0 Å². The molecule has 1 unspecified atom stereocenters. The fourth-order valence-corrected chi connectivity index (χ4v) is 3.61. The second-order valence-electron chi connectivity index (χ2n) is 7.42. The molecule has 1 N–H and O–H groups in total. The van der Waals surface area contributed by atoms with Gasteiger partial charge in [-0.2, -0.15) is 4.99 Å². The summed E-state index contributed by atoms with van der Waals surface area (Å²) in [6, 6.07) is 5.33. The van der Waals surface area contributed by atoms with Gasteiger partial charge in [-0.25, -0.2) is 4.79 Å². The average Bonchev–Trinajstić information content (AvgIpc) is 2.76. The van der Waals surface area contributed by atoms with Crippen LogP contribution < -0.4 is 4.74 Å². The Hall–Kier alpha value is -1.80. The highest BCUT2D eigenvalue weighted by Crippen LogP contribution is 2.47. The van der Waals surface area contributed by atoms with E-state index in [1.807, 2.05) is 12.1 Å². The zero-order valence-corrected chi connectivity index (χ0v) is 13.3. The Morgan fingerprint density at radius 2 is 2.09 bits per heavy atom. The molecule has 3 rings (SSSR count). The topological polar surface area (TPSA) is 58.9 Å². The summed E-state index contributed by atoms with van der Waals surface area (Å²) in [4.78, 5) is 14.7. The van der Waals surface area contributed by atoms with Gasteiger partial charge in [0.2, 0.25) is 6.08 Å². The zero-order valence-electron chi connectivity index (χ0n) is 13.3. The van der Waals surface area contributed by atoms with Crippen molar-refractivity contribution < 1.29 is 14.6 Å². The molecule has 0 saturated heterocycles. The minimum Gasteiger partial charge on any atom is -0.504 e. The molecular formula is C18H23NO3. The number of benzene rings is 1. The van der Waals surface area contributed by atoms with Crippen molar-refractivity contribution in [3.8, 4) is 11.5 Å². The van der Waals surface area contributed by atoms with Gasteiger partial charge in [0.15, 0.2) is 11.5 Å². The first kappa shape index (κ1) is 15.1. The summed E-state index contributed by atoms with van der Waals surface area (Å²) in [5.41, 5.74) is 0.782. The molecule has 2 aliphatic rings. The van der Waals surface area contributed by atoms with Crippen LogP contribution in [0.5, 0.6) is 11.5 Å². The van der Waals surface area contributed by atoms with Crippen LogP contribution >= 0.6 is 0 Å². The number of carbonyl (C=O) groups excluding carboxylic acids is 1. The van der Waals surface area contributed by atoms with Crippen molar-refractivity contribution in [1.82, 2.24) is 0 Å². The van der Waals surface area contributed by atoms with E-state index in [1.54, 1.807) is 12.1 Å². The second-order valence-corrected chi connectivity index (χ2v) is 7.42. The van der Waals surface area contributed by atoms with E-state index in [9.17, 15) is 9.90 Å². The van der Waals surface area contributed by atoms with Crippen molar-refractivity contribution in [3.63, 3.8) is 0 Å². The lowest BCUT2D eigenvalue weighted by Crippen LogP contribution is -2.31. The largest absolute Gasteiger partial charge is 0.504 e. The predicted molar refractivity (Wildman–Crippen MR) is 83.8 cm³/mol. The Morgan fingerprint density at radius 3 is 2.64 bits per heavy atom. The van der Waals surface area contributed by atoms with Crippen molar-refractivity contribution in [2.45, 2.75) is 64.0 Å². The monoisotopic (exact) mass is 301 g/mol. The van der Waals surface area contributed by atoms with E-state index in [2.05, 4.69) is 18.8 Å². The van der Waals surface area contributed by atoms with Crippen molar-refractivity contribution in [3.05, 3.63) is 23.8 Å². The summed E-state index contributed by atoms with van der Waals surface area (Å²) in [7, 11) is 0. The molecule has 4 nitrogen and oxygen atoms in total. The standard InChI is InChI=1S/C18H23NO3/c1-17(2)9-6-14(11-17)22-16-10-13(4-5-15(16)21)18(19-12-20)7-3-8-18/h4-5,10,14,21H,3,6-9,11H2,1-2H3. The number of rotatable bonds is 4. The maximum Gasteiger partial charge on any atom is 0.235 e. The fourth-order valence-electron chi connectivity index (χ4n) is 3.61. The Kier molecular flexibility index (Phi) is 3.73. The summed E-state index contributed by atoms with van der Waals surface area (Å²) >= 11 is 0. The van der Waals surface area contributed by atoms with Crippen LogP contribution in [-0.4, -0.2) is 17.3 Å². The smallest absolute Gasteiger partial charge is 0.235 e. The summed E-state index contributed by atoms with van der Waals surface area (Å²) in [5, 5.41) is 10.1. The third-order valence-electron chi connectivity index (χ3n) is 5.15. The first-order valence-electron chi connectivity index (χ1n) is 8.03. The molecule has 0 heterocycles. The van der Waals surface area contributed by atoms with Crippen LogP contribution in [0.4, 0.5) is 0 Å². The number of hydrogen-bond acceptors (Lipinski definition) is 4. The van der Waals surface area contributed by atoms with Gasteiger partial charge in [-0.15, -0.1) is 0 Å². The van der Waals surface area contributed by atoms with Crippen LogP contribution in [0.3, 0.4) is 0 Å². The SMILES string of the molecule is CC1(C)CCC(Oc2cc(C3(N=C=O)CCC3)ccc2O)C1. The number of isocyanates is 1. The van der Waals surface area contributed by atoms with Gasteiger partial charge >= 0.3 is 0 Å². The van der Waals surface area contributed by atoms with Gasteiger partial charge in [0.25, 0.3) is 0 Å². The molecule has 0 aromatic heterocycles. The maximum atomic E-state index is 10.7. The van der Waals surface area contributed by atoms with Gasteiger partial charge in [0, 0.05) is 0 Å². The minimum absolute atomic E-state index is 0.142. The normalized spacial score (nSPS) is 25.1. The van der Waals surface area contributed by atoms with Crippen molar-refractivity contribution in [2.75, 3.05) is 0 Å². The second kappa shape index (κ2) is 5.44. The maximum absolute atomic E-state index is 10.7. The van der Waals surface area contributed by atoms with Gasteiger partial charge < -0.3 is 9.84 Å². The highest BCUT2D eigenvalue weighted by molar-refractivity contribution is 5.47. The molecule has 1 atom stereocenters. The van der Waals surface area contributed by atoms with E-state index in [1.165, 1.54) is 0 Å². The first-order valence-corrected chi connectivity index (χ1v) is 8.03. The van der Waals surface area contributed by atoms with Gasteiger partial charge in [-0.05, 0) is 61.6 Å². The molecule has 118 valence electrons. The quantitative estimate of drug-likeness (QED) is 0.674. The van der Waals surface area contributed by atoms with E-state index < -0.39 is 5.54 Å². The molecule has 0 amide bonds. The minimum atomic E-state index is -0.456. The van der Waals surface area contributed by atoms with E-state index in [4.69, 9.17) is 4.74 Å². The Bertz CT molecular complexity index is 613. The number of hydrogen-bond donors (Lipinski definition) is 1. The third-order valence-corrected chi connectivity index (χ3v) is 5.15. The number of nitrogens with zero attached hydrogens (tertiary/aromatic N) is 1. The highest BCUT2D eigenvalue weighted by atomic mass is 16.5. The summed E-state index contributed by atoms with van der Waals surface area (Å²) < 4.78 is 6.03. The number of ether oxygens (including phenoxy) is 1. The van der Waals surface area contributed by atoms with Crippen molar-refractivity contribution in [2.24, 2.45) is 10.4 Å². The predicted octanol–water partition coefficient (Wildman–Crippen LogP) is 4.06.